The monoisotopic (exact) mass is 280 g/mol. The van der Waals surface area contributed by atoms with Gasteiger partial charge in [0.05, 0.1) is 12.8 Å². The van der Waals surface area contributed by atoms with Gasteiger partial charge in [-0.1, -0.05) is 37.9 Å². The normalized spacial score (nSPS) is 9.79. The lowest BCUT2D eigenvalue weighted by Crippen LogP contribution is -1.99. The van der Waals surface area contributed by atoms with Crippen molar-refractivity contribution < 1.29 is 4.74 Å². The molecule has 0 aliphatic heterocycles. The number of nitrogens with zero attached hydrogens (tertiary/aromatic N) is 2. The molecule has 0 unspecified atom stereocenters. The van der Waals surface area contributed by atoms with Crippen LogP contribution in [0.1, 0.15) is 31.5 Å². The molecule has 0 aliphatic carbocycles. The van der Waals surface area contributed by atoms with Crippen molar-refractivity contribution in [1.82, 2.24) is 9.78 Å². The zero-order valence-corrected chi connectivity index (χ0v) is 13.0. The number of benzene rings is 1. The summed E-state index contributed by atoms with van der Waals surface area (Å²) in [6.45, 7) is 8.20. The van der Waals surface area contributed by atoms with E-state index in [2.05, 4.69) is 18.9 Å². The van der Waals surface area contributed by atoms with Crippen LogP contribution in [0, 0.1) is 13.8 Å². The van der Waals surface area contributed by atoms with Gasteiger partial charge in [-0.2, -0.15) is 0 Å². The SMILES string of the molecule is CCC.COc1cc(C)n(-c2ccc(C)c(Cl)c2)n1. The molecule has 2 rings (SSSR count). The first-order chi connectivity index (χ1) is 9.03. The number of rotatable bonds is 2. The van der Waals surface area contributed by atoms with E-state index < -0.39 is 0 Å². The van der Waals surface area contributed by atoms with Gasteiger partial charge < -0.3 is 4.74 Å². The Morgan fingerprint density at radius 3 is 2.32 bits per heavy atom. The van der Waals surface area contributed by atoms with E-state index in [0.29, 0.717) is 5.88 Å². The highest BCUT2D eigenvalue weighted by atomic mass is 35.5. The van der Waals surface area contributed by atoms with Crippen LogP contribution in [0.3, 0.4) is 0 Å². The van der Waals surface area contributed by atoms with Gasteiger partial charge in [-0.3, -0.25) is 0 Å². The van der Waals surface area contributed by atoms with Gasteiger partial charge in [-0.15, -0.1) is 5.10 Å². The van der Waals surface area contributed by atoms with Crippen LogP contribution in [0.25, 0.3) is 5.69 Å². The molecule has 0 amide bonds. The molecule has 0 spiro atoms. The van der Waals surface area contributed by atoms with Gasteiger partial charge >= 0.3 is 0 Å². The highest BCUT2D eigenvalue weighted by Gasteiger charge is 2.07. The summed E-state index contributed by atoms with van der Waals surface area (Å²) in [6, 6.07) is 7.75. The predicted octanol–water partition coefficient (Wildman–Crippen LogP) is 4.57. The van der Waals surface area contributed by atoms with Crippen LogP contribution in [-0.2, 0) is 0 Å². The summed E-state index contributed by atoms with van der Waals surface area (Å²) in [5.41, 5.74) is 3.01. The third kappa shape index (κ3) is 4.00. The van der Waals surface area contributed by atoms with Gasteiger partial charge in [-0.05, 0) is 31.5 Å². The number of hydrogen-bond acceptors (Lipinski definition) is 2. The number of methoxy groups -OCH3 is 1. The fraction of sp³-hybridized carbons (Fsp3) is 0.400. The lowest BCUT2D eigenvalue weighted by atomic mass is 10.2. The zero-order valence-electron chi connectivity index (χ0n) is 12.2. The lowest BCUT2D eigenvalue weighted by molar-refractivity contribution is 0.394. The number of aromatic nitrogens is 2. The van der Waals surface area contributed by atoms with Gasteiger partial charge in [0, 0.05) is 16.8 Å². The summed E-state index contributed by atoms with van der Waals surface area (Å²) in [5.74, 6) is 0.606. The van der Waals surface area contributed by atoms with Crippen molar-refractivity contribution >= 4 is 11.6 Å². The van der Waals surface area contributed by atoms with Crippen LogP contribution in [0.2, 0.25) is 5.02 Å². The van der Waals surface area contributed by atoms with E-state index in [9.17, 15) is 0 Å². The average Bonchev–Trinajstić information content (AvgIpc) is 2.75. The fourth-order valence-corrected chi connectivity index (χ4v) is 1.70. The molecule has 19 heavy (non-hydrogen) atoms. The Hall–Kier alpha value is -1.48. The Morgan fingerprint density at radius 2 is 1.84 bits per heavy atom. The average molecular weight is 281 g/mol. The Morgan fingerprint density at radius 1 is 1.21 bits per heavy atom. The second kappa shape index (κ2) is 7.19. The number of halogens is 1. The van der Waals surface area contributed by atoms with Crippen molar-refractivity contribution in [3.8, 4) is 11.6 Å². The number of hydrogen-bond donors (Lipinski definition) is 0. The molecule has 3 nitrogen and oxygen atoms in total. The van der Waals surface area contributed by atoms with Crippen molar-refractivity contribution in [3.05, 3.63) is 40.5 Å². The molecule has 0 aliphatic rings. The third-order valence-electron chi connectivity index (χ3n) is 2.47. The van der Waals surface area contributed by atoms with Crippen LogP contribution in [0.15, 0.2) is 24.3 Å². The maximum atomic E-state index is 6.08. The minimum atomic E-state index is 0.606. The molecule has 0 saturated heterocycles. The van der Waals surface area contributed by atoms with E-state index in [4.69, 9.17) is 16.3 Å². The predicted molar refractivity (Wildman–Crippen MR) is 80.6 cm³/mol. The number of aryl methyl sites for hydroxylation is 2. The van der Waals surface area contributed by atoms with E-state index in [1.807, 2.05) is 42.8 Å². The first-order valence-electron chi connectivity index (χ1n) is 6.40. The van der Waals surface area contributed by atoms with Crippen LogP contribution in [0.4, 0.5) is 0 Å². The minimum absolute atomic E-state index is 0.606. The molecule has 1 heterocycles. The molecule has 0 N–H and O–H groups in total. The molecule has 1 aromatic carbocycles. The van der Waals surface area contributed by atoms with Gasteiger partial charge in [-0.25, -0.2) is 4.68 Å². The Kier molecular flexibility index (Phi) is 5.90. The van der Waals surface area contributed by atoms with E-state index in [1.54, 1.807) is 7.11 Å². The summed E-state index contributed by atoms with van der Waals surface area (Å²) in [6.07, 6.45) is 1.25. The molecule has 0 radical (unpaired) electrons. The smallest absolute Gasteiger partial charge is 0.233 e. The quantitative estimate of drug-likeness (QED) is 0.806. The minimum Gasteiger partial charge on any atom is -0.480 e. The van der Waals surface area contributed by atoms with Gasteiger partial charge in [0.25, 0.3) is 0 Å². The molecule has 1 aromatic heterocycles. The summed E-state index contributed by atoms with van der Waals surface area (Å²) in [4.78, 5) is 0. The topological polar surface area (TPSA) is 27.1 Å². The second-order valence-electron chi connectivity index (χ2n) is 4.38. The summed E-state index contributed by atoms with van der Waals surface area (Å²) in [7, 11) is 1.61. The zero-order chi connectivity index (χ0) is 14.4. The van der Waals surface area contributed by atoms with E-state index in [0.717, 1.165) is 22.0 Å². The third-order valence-corrected chi connectivity index (χ3v) is 2.88. The molecule has 104 valence electrons. The number of ether oxygens (including phenoxy) is 1. The van der Waals surface area contributed by atoms with Gasteiger partial charge in [0.2, 0.25) is 5.88 Å². The summed E-state index contributed by atoms with van der Waals surface area (Å²) >= 11 is 6.08. The second-order valence-corrected chi connectivity index (χ2v) is 4.79. The lowest BCUT2D eigenvalue weighted by Gasteiger charge is -2.05. The molecule has 0 atom stereocenters. The Bertz CT molecular complexity index is 535. The van der Waals surface area contributed by atoms with Gasteiger partial charge in [0.15, 0.2) is 0 Å². The molecule has 0 fully saturated rings. The molecular formula is C15H21ClN2O. The molecule has 2 aromatic rings. The van der Waals surface area contributed by atoms with Crippen molar-refractivity contribution in [2.75, 3.05) is 7.11 Å². The highest BCUT2D eigenvalue weighted by molar-refractivity contribution is 6.31. The Labute approximate surface area is 120 Å². The van der Waals surface area contributed by atoms with Crippen molar-refractivity contribution in [3.63, 3.8) is 0 Å². The fourth-order valence-electron chi connectivity index (χ4n) is 1.52. The summed E-state index contributed by atoms with van der Waals surface area (Å²) in [5, 5.41) is 5.05. The van der Waals surface area contributed by atoms with Crippen LogP contribution in [0.5, 0.6) is 5.88 Å². The highest BCUT2D eigenvalue weighted by Crippen LogP contribution is 2.21. The van der Waals surface area contributed by atoms with Crippen LogP contribution < -0.4 is 4.74 Å². The van der Waals surface area contributed by atoms with Gasteiger partial charge in [0.1, 0.15) is 0 Å². The van der Waals surface area contributed by atoms with Crippen LogP contribution in [-0.4, -0.2) is 16.9 Å². The van der Waals surface area contributed by atoms with Crippen molar-refractivity contribution in [2.24, 2.45) is 0 Å². The summed E-state index contributed by atoms with van der Waals surface area (Å²) < 4.78 is 6.90. The van der Waals surface area contributed by atoms with E-state index in [-0.39, 0.29) is 0 Å². The Balaban J connectivity index is 0.000000550. The maximum absolute atomic E-state index is 6.08. The molecule has 0 saturated carbocycles. The van der Waals surface area contributed by atoms with Crippen molar-refractivity contribution in [1.29, 1.82) is 0 Å². The molecule has 4 heteroatoms. The van der Waals surface area contributed by atoms with Crippen molar-refractivity contribution in [2.45, 2.75) is 34.1 Å². The first kappa shape index (κ1) is 15.6. The largest absolute Gasteiger partial charge is 0.480 e. The molecule has 0 bridgehead atoms. The standard InChI is InChI=1S/C12H13ClN2O.C3H8/c1-8-4-5-10(7-11(8)13)15-9(2)6-12(14-15)16-3;1-3-2/h4-7H,1-3H3;3H2,1-2H3. The van der Waals surface area contributed by atoms with Crippen LogP contribution >= 0.6 is 11.6 Å². The van der Waals surface area contributed by atoms with E-state index >= 15 is 0 Å². The van der Waals surface area contributed by atoms with E-state index in [1.165, 1.54) is 6.42 Å². The first-order valence-corrected chi connectivity index (χ1v) is 6.78. The maximum Gasteiger partial charge on any atom is 0.233 e. The molecular weight excluding hydrogens is 260 g/mol.